The molecule has 1 heterocycles. The maximum Gasteiger partial charge on any atom is 0.191 e. The summed E-state index contributed by atoms with van der Waals surface area (Å²) in [6, 6.07) is 6.43. The van der Waals surface area contributed by atoms with Gasteiger partial charge in [0.05, 0.1) is 14.2 Å². The highest BCUT2D eigenvalue weighted by Gasteiger charge is 2.21. The van der Waals surface area contributed by atoms with Gasteiger partial charge in [-0.15, -0.1) is 6.58 Å². The molecule has 0 radical (unpaired) electrons. The first-order valence-corrected chi connectivity index (χ1v) is 8.26. The second-order valence-corrected chi connectivity index (χ2v) is 5.72. The van der Waals surface area contributed by atoms with Gasteiger partial charge < -0.3 is 25.0 Å². The molecule has 0 bridgehead atoms. The molecule has 0 aliphatic carbocycles. The third-order valence-electron chi connectivity index (χ3n) is 4.17. The molecular formula is C18H28N4O2. The molecule has 0 amide bonds. The summed E-state index contributed by atoms with van der Waals surface area (Å²) in [5, 5.41) is 6.69. The second-order valence-electron chi connectivity index (χ2n) is 5.72. The number of nitrogens with zero attached hydrogens (tertiary/aromatic N) is 2. The number of ether oxygens (including phenoxy) is 2. The minimum absolute atomic E-state index is 0.421. The lowest BCUT2D eigenvalue weighted by molar-refractivity contribution is 0.393. The minimum atomic E-state index is 0.421. The number of guanidine groups is 1. The van der Waals surface area contributed by atoms with E-state index in [1.807, 2.05) is 12.1 Å². The van der Waals surface area contributed by atoms with Gasteiger partial charge in [0.1, 0.15) is 11.5 Å². The lowest BCUT2D eigenvalue weighted by Crippen LogP contribution is -2.48. The highest BCUT2D eigenvalue weighted by atomic mass is 16.5. The number of hydrogen-bond donors (Lipinski definition) is 2. The SMILES string of the molecule is C=CCNC(=NC)NC1CCN(c2cc(OC)cc(OC)c2)CC1. The average Bonchev–Trinajstić information content (AvgIpc) is 2.65. The summed E-state index contributed by atoms with van der Waals surface area (Å²) >= 11 is 0. The summed E-state index contributed by atoms with van der Waals surface area (Å²) in [5.74, 6) is 2.47. The lowest BCUT2D eigenvalue weighted by atomic mass is 10.0. The molecule has 132 valence electrons. The second kappa shape index (κ2) is 9.05. The van der Waals surface area contributed by atoms with Crippen LogP contribution in [0.3, 0.4) is 0 Å². The number of anilines is 1. The number of aliphatic imine (C=N–C) groups is 1. The van der Waals surface area contributed by atoms with Crippen molar-refractivity contribution in [1.82, 2.24) is 10.6 Å². The van der Waals surface area contributed by atoms with Crippen molar-refractivity contribution in [2.24, 2.45) is 4.99 Å². The summed E-state index contributed by atoms with van der Waals surface area (Å²) < 4.78 is 10.7. The molecule has 0 atom stereocenters. The van der Waals surface area contributed by atoms with Crippen LogP contribution < -0.4 is 25.0 Å². The standard InChI is InChI=1S/C18H28N4O2/c1-5-8-20-18(19-2)21-14-6-9-22(10-7-14)15-11-16(23-3)13-17(12-15)24-4/h5,11-14H,1,6-10H2,2-4H3,(H2,19,20,21). The molecule has 6 heteroatoms. The average molecular weight is 332 g/mol. The van der Waals surface area contributed by atoms with E-state index in [1.54, 1.807) is 21.3 Å². The Morgan fingerprint density at radius 3 is 2.38 bits per heavy atom. The van der Waals surface area contributed by atoms with Crippen LogP contribution in [-0.2, 0) is 0 Å². The van der Waals surface area contributed by atoms with Crippen molar-refractivity contribution in [3.63, 3.8) is 0 Å². The third-order valence-corrected chi connectivity index (χ3v) is 4.17. The highest BCUT2D eigenvalue weighted by Crippen LogP contribution is 2.30. The Balaban J connectivity index is 1.94. The van der Waals surface area contributed by atoms with Gasteiger partial charge in [-0.3, -0.25) is 4.99 Å². The molecule has 1 aromatic rings. The van der Waals surface area contributed by atoms with Crippen LogP contribution in [0.25, 0.3) is 0 Å². The van der Waals surface area contributed by atoms with Crippen molar-refractivity contribution in [2.45, 2.75) is 18.9 Å². The Morgan fingerprint density at radius 2 is 1.88 bits per heavy atom. The first-order chi connectivity index (χ1) is 11.7. The maximum atomic E-state index is 5.36. The van der Waals surface area contributed by atoms with E-state index in [0.717, 1.165) is 49.1 Å². The van der Waals surface area contributed by atoms with E-state index in [4.69, 9.17) is 9.47 Å². The van der Waals surface area contributed by atoms with E-state index in [-0.39, 0.29) is 0 Å². The normalized spacial score (nSPS) is 15.8. The number of benzene rings is 1. The van der Waals surface area contributed by atoms with Gasteiger partial charge in [-0.25, -0.2) is 0 Å². The predicted octanol–water partition coefficient (Wildman–Crippen LogP) is 2.02. The number of piperidine rings is 1. The Bertz CT molecular complexity index is 544. The Kier molecular flexibility index (Phi) is 6.78. The van der Waals surface area contributed by atoms with Gasteiger partial charge in [0.2, 0.25) is 0 Å². The molecular weight excluding hydrogens is 304 g/mol. The number of rotatable bonds is 6. The van der Waals surface area contributed by atoms with Crippen LogP contribution in [0.4, 0.5) is 5.69 Å². The van der Waals surface area contributed by atoms with Gasteiger partial charge in [0.15, 0.2) is 5.96 Å². The Labute approximate surface area is 144 Å². The maximum absolute atomic E-state index is 5.36. The molecule has 0 unspecified atom stereocenters. The molecule has 1 fully saturated rings. The van der Waals surface area contributed by atoms with Gasteiger partial charge >= 0.3 is 0 Å². The van der Waals surface area contributed by atoms with Crippen molar-refractivity contribution in [2.75, 3.05) is 45.8 Å². The highest BCUT2D eigenvalue weighted by molar-refractivity contribution is 5.80. The van der Waals surface area contributed by atoms with Crippen molar-refractivity contribution in [1.29, 1.82) is 0 Å². The molecule has 1 aromatic carbocycles. The van der Waals surface area contributed by atoms with Crippen molar-refractivity contribution < 1.29 is 9.47 Å². The van der Waals surface area contributed by atoms with E-state index < -0.39 is 0 Å². The largest absolute Gasteiger partial charge is 0.497 e. The van der Waals surface area contributed by atoms with Crippen LogP contribution in [-0.4, -0.2) is 52.9 Å². The van der Waals surface area contributed by atoms with Gasteiger partial charge in [-0.1, -0.05) is 6.08 Å². The molecule has 1 aliphatic rings. The molecule has 0 spiro atoms. The van der Waals surface area contributed by atoms with Crippen molar-refractivity contribution in [3.05, 3.63) is 30.9 Å². The van der Waals surface area contributed by atoms with E-state index in [9.17, 15) is 0 Å². The molecule has 6 nitrogen and oxygen atoms in total. The number of methoxy groups -OCH3 is 2. The zero-order valence-corrected chi connectivity index (χ0v) is 14.8. The van der Waals surface area contributed by atoms with Gasteiger partial charge in [-0.2, -0.15) is 0 Å². The molecule has 24 heavy (non-hydrogen) atoms. The summed E-state index contributed by atoms with van der Waals surface area (Å²) in [7, 11) is 5.14. The van der Waals surface area contributed by atoms with Crippen LogP contribution in [0.1, 0.15) is 12.8 Å². The van der Waals surface area contributed by atoms with E-state index in [2.05, 4.69) is 39.2 Å². The molecule has 2 N–H and O–H groups in total. The number of hydrogen-bond acceptors (Lipinski definition) is 4. The van der Waals surface area contributed by atoms with Crippen LogP contribution in [0, 0.1) is 0 Å². The minimum Gasteiger partial charge on any atom is -0.497 e. The Hall–Kier alpha value is -2.37. The van der Waals surface area contributed by atoms with Crippen LogP contribution in [0.2, 0.25) is 0 Å². The third kappa shape index (κ3) is 4.81. The zero-order valence-electron chi connectivity index (χ0n) is 14.8. The predicted molar refractivity (Wildman–Crippen MR) is 99.5 cm³/mol. The first-order valence-electron chi connectivity index (χ1n) is 8.26. The van der Waals surface area contributed by atoms with Gasteiger partial charge in [0, 0.05) is 56.6 Å². The number of nitrogens with one attached hydrogen (secondary N) is 2. The topological polar surface area (TPSA) is 58.1 Å². The van der Waals surface area contributed by atoms with E-state index in [0.29, 0.717) is 12.6 Å². The fourth-order valence-corrected chi connectivity index (χ4v) is 2.81. The fraction of sp³-hybridized carbons (Fsp3) is 0.500. The zero-order chi connectivity index (χ0) is 17.4. The van der Waals surface area contributed by atoms with Crippen LogP contribution >= 0.6 is 0 Å². The molecule has 2 rings (SSSR count). The van der Waals surface area contributed by atoms with E-state index in [1.165, 1.54) is 0 Å². The fourth-order valence-electron chi connectivity index (χ4n) is 2.81. The molecule has 1 aliphatic heterocycles. The molecule has 0 saturated carbocycles. The van der Waals surface area contributed by atoms with Crippen molar-refractivity contribution in [3.8, 4) is 11.5 Å². The first kappa shape index (κ1) is 18.0. The quantitative estimate of drug-likeness (QED) is 0.474. The van der Waals surface area contributed by atoms with Crippen molar-refractivity contribution >= 4 is 11.6 Å². The summed E-state index contributed by atoms with van der Waals surface area (Å²) in [6.45, 7) is 6.38. The van der Waals surface area contributed by atoms with Gasteiger partial charge in [0.25, 0.3) is 0 Å². The molecule has 0 aromatic heterocycles. The smallest absolute Gasteiger partial charge is 0.191 e. The van der Waals surface area contributed by atoms with E-state index >= 15 is 0 Å². The van der Waals surface area contributed by atoms with Crippen LogP contribution in [0.5, 0.6) is 11.5 Å². The Morgan fingerprint density at radius 1 is 1.25 bits per heavy atom. The summed E-state index contributed by atoms with van der Waals surface area (Å²) in [6.07, 6.45) is 3.92. The summed E-state index contributed by atoms with van der Waals surface area (Å²) in [4.78, 5) is 6.61. The van der Waals surface area contributed by atoms with Gasteiger partial charge in [-0.05, 0) is 12.8 Å². The lowest BCUT2D eigenvalue weighted by Gasteiger charge is -2.34. The monoisotopic (exact) mass is 332 g/mol. The summed E-state index contributed by atoms with van der Waals surface area (Å²) in [5.41, 5.74) is 1.14. The van der Waals surface area contributed by atoms with Crippen LogP contribution in [0.15, 0.2) is 35.8 Å². The molecule has 1 saturated heterocycles.